The summed E-state index contributed by atoms with van der Waals surface area (Å²) in [5.41, 5.74) is 4.84. The van der Waals surface area contributed by atoms with E-state index >= 15 is 0 Å². The number of nitrogens with one attached hydrogen (secondary N) is 1. The van der Waals surface area contributed by atoms with E-state index in [1.807, 2.05) is 13.8 Å². The van der Waals surface area contributed by atoms with Crippen LogP contribution in [0.1, 0.15) is 13.8 Å². The van der Waals surface area contributed by atoms with Gasteiger partial charge in [0.15, 0.2) is 0 Å². The quantitative estimate of drug-likeness (QED) is 0.404. The SMILES string of the molecule is CC(C)OCCOCC(C(=N)N)C(F)(F)F. The first-order valence-corrected chi connectivity index (χ1v) is 4.85. The van der Waals surface area contributed by atoms with Crippen molar-refractivity contribution in [1.82, 2.24) is 0 Å². The summed E-state index contributed by atoms with van der Waals surface area (Å²) in [5, 5.41) is 6.80. The summed E-state index contributed by atoms with van der Waals surface area (Å²) in [6.45, 7) is 3.26. The zero-order valence-corrected chi connectivity index (χ0v) is 9.30. The number of alkyl halides is 3. The second-order valence-electron chi connectivity index (χ2n) is 3.54. The highest BCUT2D eigenvalue weighted by atomic mass is 19.4. The van der Waals surface area contributed by atoms with Gasteiger partial charge in [0.05, 0.1) is 25.9 Å². The summed E-state index contributed by atoms with van der Waals surface area (Å²) in [4.78, 5) is 0. The minimum atomic E-state index is -4.54. The zero-order valence-electron chi connectivity index (χ0n) is 9.30. The highest BCUT2D eigenvalue weighted by Crippen LogP contribution is 2.26. The Morgan fingerprint density at radius 2 is 1.88 bits per heavy atom. The highest BCUT2D eigenvalue weighted by Gasteiger charge is 2.41. The van der Waals surface area contributed by atoms with E-state index in [1.54, 1.807) is 0 Å². The maximum atomic E-state index is 12.3. The Bertz CT molecular complexity index is 219. The molecule has 0 saturated heterocycles. The average molecular weight is 242 g/mol. The van der Waals surface area contributed by atoms with Crippen LogP contribution in [0.4, 0.5) is 13.2 Å². The van der Waals surface area contributed by atoms with Gasteiger partial charge in [-0.1, -0.05) is 0 Å². The van der Waals surface area contributed by atoms with Crippen molar-refractivity contribution in [3.8, 4) is 0 Å². The lowest BCUT2D eigenvalue weighted by Gasteiger charge is -2.18. The monoisotopic (exact) mass is 242 g/mol. The third-order valence-corrected chi connectivity index (χ3v) is 1.73. The van der Waals surface area contributed by atoms with E-state index in [9.17, 15) is 13.2 Å². The molecule has 16 heavy (non-hydrogen) atoms. The molecule has 0 aliphatic heterocycles. The van der Waals surface area contributed by atoms with E-state index < -0.39 is 24.5 Å². The molecule has 0 rings (SSSR count). The van der Waals surface area contributed by atoms with Crippen LogP contribution in [0.5, 0.6) is 0 Å². The topological polar surface area (TPSA) is 68.3 Å². The maximum absolute atomic E-state index is 12.3. The molecule has 1 atom stereocenters. The predicted molar refractivity (Wildman–Crippen MR) is 53.4 cm³/mol. The van der Waals surface area contributed by atoms with Crippen LogP contribution in [0.2, 0.25) is 0 Å². The van der Waals surface area contributed by atoms with Crippen molar-refractivity contribution in [3.05, 3.63) is 0 Å². The number of ether oxygens (including phenoxy) is 2. The minimum absolute atomic E-state index is 0.00909. The van der Waals surface area contributed by atoms with Gasteiger partial charge in [0, 0.05) is 0 Å². The first kappa shape index (κ1) is 15.2. The Morgan fingerprint density at radius 3 is 2.25 bits per heavy atom. The molecule has 0 spiro atoms. The molecule has 0 aromatic rings. The molecule has 96 valence electrons. The molecule has 0 heterocycles. The van der Waals surface area contributed by atoms with Gasteiger partial charge in [0.25, 0.3) is 0 Å². The van der Waals surface area contributed by atoms with Crippen LogP contribution in [0.15, 0.2) is 0 Å². The summed E-state index contributed by atoms with van der Waals surface area (Å²) in [7, 11) is 0. The Labute approximate surface area is 92.4 Å². The fourth-order valence-corrected chi connectivity index (χ4v) is 0.905. The Balaban J connectivity index is 3.83. The molecule has 3 N–H and O–H groups in total. The molecule has 0 aliphatic rings. The molecular weight excluding hydrogens is 225 g/mol. The number of rotatable bonds is 7. The van der Waals surface area contributed by atoms with Gasteiger partial charge >= 0.3 is 6.18 Å². The molecule has 0 fully saturated rings. The lowest BCUT2D eigenvalue weighted by molar-refractivity contribution is -0.169. The molecule has 0 aliphatic carbocycles. The summed E-state index contributed by atoms with van der Waals surface area (Å²) < 4.78 is 46.7. The fraction of sp³-hybridized carbons (Fsp3) is 0.889. The van der Waals surface area contributed by atoms with Gasteiger partial charge in [0.2, 0.25) is 0 Å². The number of hydrogen-bond donors (Lipinski definition) is 2. The van der Waals surface area contributed by atoms with E-state index in [0.717, 1.165) is 0 Å². The van der Waals surface area contributed by atoms with Gasteiger partial charge in [-0.25, -0.2) is 0 Å². The smallest absolute Gasteiger partial charge is 0.387 e. The normalized spacial score (nSPS) is 14.1. The molecule has 0 amide bonds. The predicted octanol–water partition coefficient (Wildman–Crippen LogP) is 1.54. The second-order valence-corrected chi connectivity index (χ2v) is 3.54. The number of hydrogen-bond acceptors (Lipinski definition) is 3. The maximum Gasteiger partial charge on any atom is 0.400 e. The van der Waals surface area contributed by atoms with Crippen molar-refractivity contribution in [2.24, 2.45) is 11.7 Å². The van der Waals surface area contributed by atoms with Crippen molar-refractivity contribution in [3.63, 3.8) is 0 Å². The van der Waals surface area contributed by atoms with Crippen LogP contribution in [0.3, 0.4) is 0 Å². The summed E-state index contributed by atoms with van der Waals surface area (Å²) >= 11 is 0. The standard InChI is InChI=1S/C9H17F3N2O2/c1-6(2)16-4-3-15-5-7(8(13)14)9(10,11)12/h6-7H,3-5H2,1-2H3,(H3,13,14). The first-order chi connectivity index (χ1) is 7.25. The molecule has 1 unspecified atom stereocenters. The average Bonchev–Trinajstić information content (AvgIpc) is 2.07. The number of halogens is 3. The molecule has 0 saturated carbocycles. The summed E-state index contributed by atoms with van der Waals surface area (Å²) in [6, 6.07) is 0. The Kier molecular flexibility index (Phi) is 6.35. The van der Waals surface area contributed by atoms with Gasteiger partial charge in [-0.3, -0.25) is 5.41 Å². The van der Waals surface area contributed by atoms with Gasteiger partial charge in [-0.15, -0.1) is 0 Å². The first-order valence-electron chi connectivity index (χ1n) is 4.85. The van der Waals surface area contributed by atoms with Crippen molar-refractivity contribution < 1.29 is 22.6 Å². The van der Waals surface area contributed by atoms with Crippen molar-refractivity contribution >= 4 is 5.84 Å². The number of amidine groups is 1. The third kappa shape index (κ3) is 6.62. The van der Waals surface area contributed by atoms with Crippen molar-refractivity contribution in [1.29, 1.82) is 5.41 Å². The lowest BCUT2D eigenvalue weighted by Crippen LogP contribution is -2.38. The van der Waals surface area contributed by atoms with E-state index in [-0.39, 0.29) is 19.3 Å². The number of nitrogens with two attached hydrogens (primary N) is 1. The van der Waals surface area contributed by atoms with E-state index in [0.29, 0.717) is 0 Å². The third-order valence-electron chi connectivity index (χ3n) is 1.73. The van der Waals surface area contributed by atoms with Crippen molar-refractivity contribution in [2.75, 3.05) is 19.8 Å². The summed E-state index contributed by atoms with van der Waals surface area (Å²) in [6.07, 6.45) is -4.53. The van der Waals surface area contributed by atoms with Crippen molar-refractivity contribution in [2.45, 2.75) is 26.1 Å². The van der Waals surface area contributed by atoms with Crippen LogP contribution >= 0.6 is 0 Å². The lowest BCUT2D eigenvalue weighted by atomic mass is 10.1. The van der Waals surface area contributed by atoms with Crippen LogP contribution in [-0.4, -0.2) is 37.9 Å². The second kappa shape index (κ2) is 6.70. The van der Waals surface area contributed by atoms with Crippen LogP contribution < -0.4 is 5.73 Å². The van der Waals surface area contributed by atoms with Gasteiger partial charge in [-0.2, -0.15) is 13.2 Å². The van der Waals surface area contributed by atoms with E-state index in [1.165, 1.54) is 0 Å². The fourth-order valence-electron chi connectivity index (χ4n) is 0.905. The molecule has 7 heteroatoms. The van der Waals surface area contributed by atoms with Crippen LogP contribution in [-0.2, 0) is 9.47 Å². The van der Waals surface area contributed by atoms with E-state index in [4.69, 9.17) is 20.6 Å². The molecule has 0 aromatic carbocycles. The summed E-state index contributed by atoms with van der Waals surface area (Å²) in [5.74, 6) is -2.97. The van der Waals surface area contributed by atoms with Crippen LogP contribution in [0.25, 0.3) is 0 Å². The van der Waals surface area contributed by atoms with E-state index in [2.05, 4.69) is 0 Å². The molecule has 0 aromatic heterocycles. The van der Waals surface area contributed by atoms with Crippen LogP contribution in [0, 0.1) is 11.3 Å². The minimum Gasteiger partial charge on any atom is -0.387 e. The Morgan fingerprint density at radius 1 is 1.31 bits per heavy atom. The van der Waals surface area contributed by atoms with Gasteiger partial charge < -0.3 is 15.2 Å². The van der Waals surface area contributed by atoms with Gasteiger partial charge in [0.1, 0.15) is 11.8 Å². The van der Waals surface area contributed by atoms with Gasteiger partial charge in [-0.05, 0) is 13.8 Å². The largest absolute Gasteiger partial charge is 0.400 e. The highest BCUT2D eigenvalue weighted by molar-refractivity contribution is 5.80. The zero-order chi connectivity index (χ0) is 12.8. The Hall–Kier alpha value is -0.820. The molecule has 0 bridgehead atoms. The molecule has 4 nitrogen and oxygen atoms in total. The molecular formula is C9H17F3N2O2. The molecule has 0 radical (unpaired) electrons.